The zero-order valence-corrected chi connectivity index (χ0v) is 11.9. The van der Waals surface area contributed by atoms with E-state index in [-0.39, 0.29) is 5.69 Å². The lowest BCUT2D eigenvalue weighted by molar-refractivity contribution is -0.385. The minimum atomic E-state index is -0.819. The Hall–Kier alpha value is -2.40. The zero-order valence-electron chi connectivity index (χ0n) is 11.9. The number of aliphatic hydroxyl groups excluding tert-OH is 1. The lowest BCUT2D eigenvalue weighted by Crippen LogP contribution is -2.01. The number of rotatable bonds is 5. The van der Waals surface area contributed by atoms with Crippen LogP contribution in [0.1, 0.15) is 29.7 Å². The van der Waals surface area contributed by atoms with Gasteiger partial charge in [-0.3, -0.25) is 10.1 Å². The van der Waals surface area contributed by atoms with Gasteiger partial charge in [0, 0.05) is 11.6 Å². The number of nitro groups is 1. The molecule has 0 aliphatic rings. The first-order chi connectivity index (χ1) is 10.0. The van der Waals surface area contributed by atoms with Gasteiger partial charge in [0.15, 0.2) is 0 Å². The van der Waals surface area contributed by atoms with Gasteiger partial charge >= 0.3 is 0 Å². The van der Waals surface area contributed by atoms with Crippen LogP contribution in [-0.4, -0.2) is 16.6 Å². The standard InChI is InChI=1S/C16H17NO4/c1-3-21-14-7-4-12(5-8-14)16(18)13-6-9-15(17(19)20)11(2)10-13/h4-10,16,18H,3H2,1-2H3. The molecule has 2 aromatic rings. The highest BCUT2D eigenvalue weighted by Crippen LogP contribution is 2.27. The Balaban J connectivity index is 2.25. The summed E-state index contributed by atoms with van der Waals surface area (Å²) in [6.45, 7) is 4.15. The SMILES string of the molecule is CCOc1ccc(C(O)c2ccc([N+](=O)[O-])c(C)c2)cc1. The number of benzene rings is 2. The van der Waals surface area contributed by atoms with E-state index < -0.39 is 11.0 Å². The van der Waals surface area contributed by atoms with E-state index in [0.29, 0.717) is 23.3 Å². The van der Waals surface area contributed by atoms with Crippen LogP contribution in [0, 0.1) is 17.0 Å². The molecule has 0 fully saturated rings. The molecule has 2 aromatic carbocycles. The number of aliphatic hydroxyl groups is 1. The van der Waals surface area contributed by atoms with Crippen molar-refractivity contribution in [1.82, 2.24) is 0 Å². The monoisotopic (exact) mass is 287 g/mol. The molecule has 0 aliphatic carbocycles. The predicted octanol–water partition coefficient (Wildman–Crippen LogP) is 3.38. The molecule has 1 atom stereocenters. The molecule has 0 saturated carbocycles. The van der Waals surface area contributed by atoms with E-state index >= 15 is 0 Å². The van der Waals surface area contributed by atoms with E-state index in [1.165, 1.54) is 6.07 Å². The first-order valence-electron chi connectivity index (χ1n) is 6.68. The van der Waals surface area contributed by atoms with E-state index in [4.69, 9.17) is 4.74 Å². The van der Waals surface area contributed by atoms with Crippen molar-refractivity contribution < 1.29 is 14.8 Å². The van der Waals surface area contributed by atoms with E-state index in [1.54, 1.807) is 43.3 Å². The predicted molar refractivity (Wildman–Crippen MR) is 79.5 cm³/mol. The van der Waals surface area contributed by atoms with Crippen LogP contribution in [0.25, 0.3) is 0 Å². The number of nitrogens with zero attached hydrogens (tertiary/aromatic N) is 1. The molecule has 0 amide bonds. The first kappa shape index (κ1) is 15.0. The summed E-state index contributed by atoms with van der Waals surface area (Å²) >= 11 is 0. The quantitative estimate of drug-likeness (QED) is 0.676. The van der Waals surface area contributed by atoms with Gasteiger partial charge in [-0.25, -0.2) is 0 Å². The van der Waals surface area contributed by atoms with Crippen LogP contribution in [0.15, 0.2) is 42.5 Å². The molecule has 0 aromatic heterocycles. The number of ether oxygens (including phenoxy) is 1. The van der Waals surface area contributed by atoms with Crippen LogP contribution in [0.3, 0.4) is 0 Å². The highest BCUT2D eigenvalue weighted by atomic mass is 16.6. The maximum absolute atomic E-state index is 10.8. The van der Waals surface area contributed by atoms with Crippen LogP contribution in [0.4, 0.5) is 5.69 Å². The van der Waals surface area contributed by atoms with Gasteiger partial charge in [0.05, 0.1) is 11.5 Å². The molecule has 0 spiro atoms. The van der Waals surface area contributed by atoms with Crippen molar-refractivity contribution in [3.63, 3.8) is 0 Å². The Morgan fingerprint density at radius 2 is 1.81 bits per heavy atom. The van der Waals surface area contributed by atoms with Gasteiger partial charge in [0.25, 0.3) is 5.69 Å². The van der Waals surface area contributed by atoms with Crippen molar-refractivity contribution in [2.75, 3.05) is 6.61 Å². The molecule has 1 N–H and O–H groups in total. The van der Waals surface area contributed by atoms with Gasteiger partial charge in [0.1, 0.15) is 11.9 Å². The summed E-state index contributed by atoms with van der Waals surface area (Å²) in [5, 5.41) is 21.2. The Morgan fingerprint density at radius 1 is 1.19 bits per heavy atom. The van der Waals surface area contributed by atoms with Crippen LogP contribution < -0.4 is 4.74 Å². The lowest BCUT2D eigenvalue weighted by atomic mass is 9.99. The van der Waals surface area contributed by atoms with Gasteiger partial charge in [-0.2, -0.15) is 0 Å². The molecule has 5 nitrogen and oxygen atoms in total. The van der Waals surface area contributed by atoms with E-state index in [0.717, 1.165) is 5.75 Å². The molecule has 1 unspecified atom stereocenters. The van der Waals surface area contributed by atoms with E-state index in [2.05, 4.69) is 0 Å². The Labute approximate surface area is 123 Å². The molecular weight excluding hydrogens is 270 g/mol. The summed E-state index contributed by atoms with van der Waals surface area (Å²) in [5.41, 5.74) is 1.93. The lowest BCUT2D eigenvalue weighted by Gasteiger charge is -2.13. The topological polar surface area (TPSA) is 72.6 Å². The largest absolute Gasteiger partial charge is 0.494 e. The van der Waals surface area contributed by atoms with Crippen molar-refractivity contribution in [2.45, 2.75) is 20.0 Å². The van der Waals surface area contributed by atoms with Crippen molar-refractivity contribution in [3.05, 3.63) is 69.3 Å². The normalized spacial score (nSPS) is 12.0. The highest BCUT2D eigenvalue weighted by Gasteiger charge is 2.15. The first-order valence-corrected chi connectivity index (χ1v) is 6.68. The molecule has 2 rings (SSSR count). The number of aryl methyl sites for hydroxylation is 1. The second-order valence-electron chi connectivity index (χ2n) is 4.71. The van der Waals surface area contributed by atoms with Crippen LogP contribution in [-0.2, 0) is 0 Å². The van der Waals surface area contributed by atoms with Gasteiger partial charge in [0.2, 0.25) is 0 Å². The molecule has 5 heteroatoms. The minimum absolute atomic E-state index is 0.0534. The summed E-state index contributed by atoms with van der Waals surface area (Å²) in [6.07, 6.45) is -0.819. The van der Waals surface area contributed by atoms with E-state index in [1.807, 2.05) is 6.92 Å². The van der Waals surface area contributed by atoms with Crippen molar-refractivity contribution in [1.29, 1.82) is 0 Å². The summed E-state index contributed by atoms with van der Waals surface area (Å²) in [4.78, 5) is 10.4. The summed E-state index contributed by atoms with van der Waals surface area (Å²) in [6, 6.07) is 11.8. The van der Waals surface area contributed by atoms with Gasteiger partial charge < -0.3 is 9.84 Å². The van der Waals surface area contributed by atoms with Crippen molar-refractivity contribution >= 4 is 5.69 Å². The van der Waals surface area contributed by atoms with Crippen LogP contribution in [0.2, 0.25) is 0 Å². The maximum atomic E-state index is 10.8. The van der Waals surface area contributed by atoms with Crippen molar-refractivity contribution in [3.8, 4) is 5.75 Å². The zero-order chi connectivity index (χ0) is 15.4. The summed E-state index contributed by atoms with van der Waals surface area (Å²) < 4.78 is 5.35. The fourth-order valence-electron chi connectivity index (χ4n) is 2.16. The summed E-state index contributed by atoms with van der Waals surface area (Å²) in [7, 11) is 0. The van der Waals surface area contributed by atoms with Crippen LogP contribution in [0.5, 0.6) is 5.75 Å². The molecular formula is C16H17NO4. The third-order valence-corrected chi connectivity index (χ3v) is 3.24. The van der Waals surface area contributed by atoms with Gasteiger partial charge in [-0.15, -0.1) is 0 Å². The molecule has 0 heterocycles. The minimum Gasteiger partial charge on any atom is -0.494 e. The van der Waals surface area contributed by atoms with Gasteiger partial charge in [-0.05, 0) is 49.2 Å². The third-order valence-electron chi connectivity index (χ3n) is 3.24. The molecule has 0 bridgehead atoms. The molecule has 0 saturated heterocycles. The molecule has 21 heavy (non-hydrogen) atoms. The summed E-state index contributed by atoms with van der Waals surface area (Å²) in [5.74, 6) is 0.744. The molecule has 110 valence electrons. The average Bonchev–Trinajstić information content (AvgIpc) is 2.47. The number of hydrogen-bond donors (Lipinski definition) is 1. The third kappa shape index (κ3) is 3.38. The second-order valence-corrected chi connectivity index (χ2v) is 4.71. The Kier molecular flexibility index (Phi) is 4.55. The number of nitro benzene ring substituents is 1. The van der Waals surface area contributed by atoms with Gasteiger partial charge in [-0.1, -0.05) is 12.1 Å². The molecule has 0 aliphatic heterocycles. The van der Waals surface area contributed by atoms with E-state index in [9.17, 15) is 15.2 Å². The highest BCUT2D eigenvalue weighted by molar-refractivity contribution is 5.44. The average molecular weight is 287 g/mol. The number of hydrogen-bond acceptors (Lipinski definition) is 4. The second kappa shape index (κ2) is 6.37. The fraction of sp³-hybridized carbons (Fsp3) is 0.250. The smallest absolute Gasteiger partial charge is 0.272 e. The Morgan fingerprint density at radius 3 is 2.33 bits per heavy atom. The van der Waals surface area contributed by atoms with Crippen LogP contribution >= 0.6 is 0 Å². The van der Waals surface area contributed by atoms with Crippen molar-refractivity contribution in [2.24, 2.45) is 0 Å². The maximum Gasteiger partial charge on any atom is 0.272 e. The fourth-order valence-corrected chi connectivity index (χ4v) is 2.16. The molecule has 0 radical (unpaired) electrons. The Bertz CT molecular complexity index is 637.